The third kappa shape index (κ3) is 2.43. The molecule has 3 rings (SSSR count). The van der Waals surface area contributed by atoms with Crippen molar-refractivity contribution in [2.24, 2.45) is 0 Å². The number of rotatable bonds is 3. The van der Waals surface area contributed by atoms with Crippen molar-refractivity contribution >= 4 is 29.0 Å². The number of benzene rings is 1. The maximum Gasteiger partial charge on any atom is 0.299 e. The average molecular weight is 301 g/mol. The first-order chi connectivity index (χ1) is 10.1. The maximum absolute atomic E-state index is 12.2. The highest BCUT2D eigenvalue weighted by Crippen LogP contribution is 2.31. The molecule has 21 heavy (non-hydrogen) atoms. The third-order valence-electron chi connectivity index (χ3n) is 3.58. The molecule has 4 nitrogen and oxygen atoms in total. The third-order valence-corrected chi connectivity index (χ3v) is 3.78. The Hall–Kier alpha value is -2.20. The summed E-state index contributed by atoms with van der Waals surface area (Å²) in [7, 11) is 0. The number of ketones is 1. The molecule has 0 aliphatic carbocycles. The number of Topliss-reactive ketones (excluding diaryl/α,β-unsaturated/α-hetero) is 1. The average Bonchev–Trinajstić information content (AvgIpc) is 2.72. The van der Waals surface area contributed by atoms with Gasteiger partial charge in [0.05, 0.1) is 17.8 Å². The van der Waals surface area contributed by atoms with Gasteiger partial charge in [-0.15, -0.1) is 0 Å². The van der Waals surface area contributed by atoms with Crippen LogP contribution in [0.2, 0.25) is 5.15 Å². The molecule has 2 heterocycles. The van der Waals surface area contributed by atoms with Crippen molar-refractivity contribution in [2.75, 3.05) is 4.90 Å². The molecule has 1 amide bonds. The lowest BCUT2D eigenvalue weighted by molar-refractivity contribution is -0.114. The SMILES string of the molecule is CCc1ccc2c(c1)C(=O)C(=O)N2Cc1ccnc(Cl)c1. The van der Waals surface area contributed by atoms with E-state index in [9.17, 15) is 9.59 Å². The minimum Gasteiger partial charge on any atom is -0.300 e. The van der Waals surface area contributed by atoms with Gasteiger partial charge in [0.2, 0.25) is 0 Å². The Balaban J connectivity index is 1.98. The Morgan fingerprint density at radius 3 is 2.67 bits per heavy atom. The minimum absolute atomic E-state index is 0.311. The Morgan fingerprint density at radius 1 is 1.14 bits per heavy atom. The number of carbonyl (C=O) groups excluding carboxylic acids is 2. The van der Waals surface area contributed by atoms with E-state index >= 15 is 0 Å². The molecule has 0 atom stereocenters. The standard InChI is InChI=1S/C16H13ClN2O2/c1-2-10-3-4-13-12(7-10)15(20)16(21)19(13)9-11-5-6-18-14(17)8-11/h3-8H,2,9H2,1H3. The van der Waals surface area contributed by atoms with E-state index in [0.29, 0.717) is 22.9 Å². The van der Waals surface area contributed by atoms with Crippen LogP contribution in [0.4, 0.5) is 5.69 Å². The molecule has 0 radical (unpaired) electrons. The smallest absolute Gasteiger partial charge is 0.299 e. The van der Waals surface area contributed by atoms with Crippen molar-refractivity contribution < 1.29 is 9.59 Å². The molecule has 106 valence electrons. The van der Waals surface area contributed by atoms with Gasteiger partial charge >= 0.3 is 0 Å². The summed E-state index contributed by atoms with van der Waals surface area (Å²) >= 11 is 5.85. The summed E-state index contributed by atoms with van der Waals surface area (Å²) in [6.45, 7) is 2.32. The highest BCUT2D eigenvalue weighted by molar-refractivity contribution is 6.52. The first-order valence-electron chi connectivity index (χ1n) is 6.69. The van der Waals surface area contributed by atoms with Crippen LogP contribution in [0.5, 0.6) is 0 Å². The molecule has 0 N–H and O–H groups in total. The molecule has 0 saturated heterocycles. The summed E-state index contributed by atoms with van der Waals surface area (Å²) in [5.74, 6) is -0.938. The van der Waals surface area contributed by atoms with E-state index in [1.165, 1.54) is 4.90 Å². The summed E-state index contributed by atoms with van der Waals surface area (Å²) in [6.07, 6.45) is 2.41. The molecule has 0 unspecified atom stereocenters. The van der Waals surface area contributed by atoms with Crippen molar-refractivity contribution in [3.05, 3.63) is 58.4 Å². The van der Waals surface area contributed by atoms with Crippen LogP contribution in [0.1, 0.15) is 28.4 Å². The second kappa shape index (κ2) is 5.30. The Bertz CT molecular complexity index is 743. The van der Waals surface area contributed by atoms with E-state index in [1.54, 1.807) is 24.4 Å². The molecule has 0 bridgehead atoms. The predicted octanol–water partition coefficient (Wildman–Crippen LogP) is 3.03. The molecule has 0 spiro atoms. The van der Waals surface area contributed by atoms with Crippen LogP contribution < -0.4 is 4.90 Å². The van der Waals surface area contributed by atoms with Crippen LogP contribution in [-0.4, -0.2) is 16.7 Å². The van der Waals surface area contributed by atoms with Gasteiger partial charge in [-0.1, -0.05) is 24.6 Å². The van der Waals surface area contributed by atoms with Gasteiger partial charge in [-0.3, -0.25) is 9.59 Å². The summed E-state index contributed by atoms with van der Waals surface area (Å²) in [5.41, 5.74) is 3.03. The van der Waals surface area contributed by atoms with E-state index in [1.807, 2.05) is 19.1 Å². The lowest BCUT2D eigenvalue weighted by Crippen LogP contribution is -2.29. The molecular formula is C16H13ClN2O2. The number of aryl methyl sites for hydroxylation is 1. The number of amides is 1. The molecule has 2 aromatic rings. The number of anilines is 1. The number of aromatic nitrogens is 1. The summed E-state index contributed by atoms with van der Waals surface area (Å²) < 4.78 is 0. The number of nitrogens with zero attached hydrogens (tertiary/aromatic N) is 2. The molecule has 1 aromatic carbocycles. The molecular weight excluding hydrogens is 288 g/mol. The normalized spacial score (nSPS) is 13.7. The number of hydrogen-bond donors (Lipinski definition) is 0. The summed E-state index contributed by atoms with van der Waals surface area (Å²) in [6, 6.07) is 9.05. The summed E-state index contributed by atoms with van der Waals surface area (Å²) in [5, 5.41) is 0.368. The van der Waals surface area contributed by atoms with E-state index in [2.05, 4.69) is 4.98 Å². The second-order valence-electron chi connectivity index (χ2n) is 4.91. The fraction of sp³-hybridized carbons (Fsp3) is 0.188. The molecule has 1 aliphatic rings. The Morgan fingerprint density at radius 2 is 1.95 bits per heavy atom. The van der Waals surface area contributed by atoms with Gasteiger partial charge in [0.25, 0.3) is 11.7 Å². The summed E-state index contributed by atoms with van der Waals surface area (Å²) in [4.78, 5) is 29.7. The Labute approximate surface area is 127 Å². The zero-order valence-corrected chi connectivity index (χ0v) is 12.2. The number of pyridine rings is 1. The van der Waals surface area contributed by atoms with Crippen LogP contribution in [0.3, 0.4) is 0 Å². The van der Waals surface area contributed by atoms with Crippen molar-refractivity contribution in [2.45, 2.75) is 19.9 Å². The van der Waals surface area contributed by atoms with Crippen LogP contribution in [0.25, 0.3) is 0 Å². The van der Waals surface area contributed by atoms with Crippen LogP contribution in [-0.2, 0) is 17.8 Å². The van der Waals surface area contributed by atoms with Crippen LogP contribution in [0, 0.1) is 0 Å². The number of carbonyl (C=O) groups is 2. The largest absolute Gasteiger partial charge is 0.300 e. The zero-order chi connectivity index (χ0) is 15.0. The van der Waals surface area contributed by atoms with Gasteiger partial charge in [-0.25, -0.2) is 4.98 Å². The van der Waals surface area contributed by atoms with Gasteiger partial charge in [0, 0.05) is 6.20 Å². The quantitative estimate of drug-likeness (QED) is 0.647. The monoisotopic (exact) mass is 300 g/mol. The van der Waals surface area contributed by atoms with E-state index in [-0.39, 0.29) is 0 Å². The van der Waals surface area contributed by atoms with Crippen molar-refractivity contribution in [3.63, 3.8) is 0 Å². The van der Waals surface area contributed by atoms with Crippen LogP contribution in [0.15, 0.2) is 36.5 Å². The minimum atomic E-state index is -0.494. The Kier molecular flexibility index (Phi) is 3.47. The van der Waals surface area contributed by atoms with Gasteiger partial charge in [-0.05, 0) is 41.8 Å². The van der Waals surface area contributed by atoms with E-state index in [4.69, 9.17) is 11.6 Å². The first kappa shape index (κ1) is 13.8. The van der Waals surface area contributed by atoms with E-state index in [0.717, 1.165) is 17.5 Å². The fourth-order valence-corrected chi connectivity index (χ4v) is 2.64. The number of halogens is 1. The van der Waals surface area contributed by atoms with Crippen molar-refractivity contribution in [1.29, 1.82) is 0 Å². The lowest BCUT2D eigenvalue weighted by atomic mass is 10.1. The molecule has 1 aromatic heterocycles. The first-order valence-corrected chi connectivity index (χ1v) is 7.07. The molecule has 0 fully saturated rings. The second-order valence-corrected chi connectivity index (χ2v) is 5.30. The van der Waals surface area contributed by atoms with Gasteiger partial charge in [-0.2, -0.15) is 0 Å². The highest BCUT2D eigenvalue weighted by Gasteiger charge is 2.35. The van der Waals surface area contributed by atoms with Gasteiger partial charge in [0.1, 0.15) is 5.15 Å². The maximum atomic E-state index is 12.2. The zero-order valence-electron chi connectivity index (χ0n) is 11.5. The van der Waals surface area contributed by atoms with Crippen molar-refractivity contribution in [3.8, 4) is 0 Å². The highest BCUT2D eigenvalue weighted by atomic mass is 35.5. The predicted molar refractivity (Wildman–Crippen MR) is 80.6 cm³/mol. The lowest BCUT2D eigenvalue weighted by Gasteiger charge is -2.16. The van der Waals surface area contributed by atoms with Gasteiger partial charge < -0.3 is 4.90 Å². The fourth-order valence-electron chi connectivity index (χ4n) is 2.45. The van der Waals surface area contributed by atoms with Crippen molar-refractivity contribution in [1.82, 2.24) is 4.98 Å². The number of hydrogen-bond acceptors (Lipinski definition) is 3. The van der Waals surface area contributed by atoms with Crippen LogP contribution >= 0.6 is 11.6 Å². The molecule has 5 heteroatoms. The van der Waals surface area contributed by atoms with E-state index < -0.39 is 11.7 Å². The topological polar surface area (TPSA) is 50.3 Å². The molecule has 1 aliphatic heterocycles. The van der Waals surface area contributed by atoms with Gasteiger partial charge in [0.15, 0.2) is 0 Å². The molecule has 0 saturated carbocycles. The number of fused-ring (bicyclic) bond motifs is 1.